The summed E-state index contributed by atoms with van der Waals surface area (Å²) in [5, 5.41) is 4.15. The van der Waals surface area contributed by atoms with Gasteiger partial charge in [-0.1, -0.05) is 0 Å². The van der Waals surface area contributed by atoms with E-state index in [1.807, 2.05) is 10.7 Å². The van der Waals surface area contributed by atoms with E-state index < -0.39 is 0 Å². The van der Waals surface area contributed by atoms with E-state index in [-0.39, 0.29) is 0 Å². The number of nitrogens with zero attached hydrogens (tertiary/aromatic N) is 2. The highest BCUT2D eigenvalue weighted by Crippen LogP contribution is 2.15. The molecule has 0 saturated carbocycles. The number of aryl methyl sites for hydroxylation is 2. The van der Waals surface area contributed by atoms with Crippen molar-refractivity contribution in [1.29, 1.82) is 0 Å². The predicted octanol–water partition coefficient (Wildman–Crippen LogP) is 0.802. The summed E-state index contributed by atoms with van der Waals surface area (Å²) < 4.78 is 2.01. The van der Waals surface area contributed by atoms with Gasteiger partial charge in [0.05, 0.1) is 0 Å². The van der Waals surface area contributed by atoms with Gasteiger partial charge in [0.25, 0.3) is 0 Å². The molecule has 0 amide bonds. The average molecular weight is 137 g/mol. The Kier molecular flexibility index (Phi) is 1.16. The second kappa shape index (κ2) is 2.01. The molecule has 3 nitrogen and oxygen atoms in total. The summed E-state index contributed by atoms with van der Waals surface area (Å²) >= 11 is 0. The summed E-state index contributed by atoms with van der Waals surface area (Å²) in [5.74, 6) is 0.664. The van der Waals surface area contributed by atoms with Crippen LogP contribution >= 0.6 is 0 Å². The maximum atomic E-state index is 5.53. The van der Waals surface area contributed by atoms with Crippen LogP contribution < -0.4 is 5.73 Å². The van der Waals surface area contributed by atoms with E-state index in [1.165, 1.54) is 18.5 Å². The van der Waals surface area contributed by atoms with Crippen LogP contribution in [0.3, 0.4) is 0 Å². The number of anilines is 1. The van der Waals surface area contributed by atoms with Crippen LogP contribution in [-0.4, -0.2) is 9.78 Å². The highest BCUT2D eigenvalue weighted by molar-refractivity contribution is 5.29. The topological polar surface area (TPSA) is 43.8 Å². The molecule has 1 aliphatic rings. The van der Waals surface area contributed by atoms with Crippen LogP contribution in [0.15, 0.2) is 6.07 Å². The van der Waals surface area contributed by atoms with Crippen molar-refractivity contribution in [3.05, 3.63) is 11.8 Å². The number of nitrogens with two attached hydrogens (primary N) is 1. The van der Waals surface area contributed by atoms with Gasteiger partial charge in [-0.05, 0) is 19.3 Å². The maximum absolute atomic E-state index is 5.53. The highest BCUT2D eigenvalue weighted by atomic mass is 15.3. The molecule has 0 unspecified atom stereocenters. The van der Waals surface area contributed by atoms with Gasteiger partial charge in [-0.25, -0.2) is 0 Å². The van der Waals surface area contributed by atoms with Crippen LogP contribution in [0, 0.1) is 0 Å². The summed E-state index contributed by atoms with van der Waals surface area (Å²) in [4.78, 5) is 0. The van der Waals surface area contributed by atoms with Crippen LogP contribution in [0.5, 0.6) is 0 Å². The van der Waals surface area contributed by atoms with E-state index >= 15 is 0 Å². The lowest BCUT2D eigenvalue weighted by molar-refractivity contribution is 0.487. The fraction of sp³-hybridized carbons (Fsp3) is 0.571. The molecular weight excluding hydrogens is 126 g/mol. The second-order valence-electron chi connectivity index (χ2n) is 2.74. The SMILES string of the molecule is Nc1cc2n(n1)CCCC2. The van der Waals surface area contributed by atoms with Gasteiger partial charge in [0.2, 0.25) is 0 Å². The third kappa shape index (κ3) is 0.781. The van der Waals surface area contributed by atoms with Gasteiger partial charge in [0, 0.05) is 18.3 Å². The molecule has 0 spiro atoms. The Morgan fingerprint density at radius 3 is 3.20 bits per heavy atom. The van der Waals surface area contributed by atoms with Crippen LogP contribution in [0.4, 0.5) is 5.82 Å². The van der Waals surface area contributed by atoms with Gasteiger partial charge in [0.15, 0.2) is 0 Å². The number of fused-ring (bicyclic) bond motifs is 1. The Labute approximate surface area is 59.8 Å². The third-order valence-electron chi connectivity index (χ3n) is 1.94. The molecule has 0 radical (unpaired) electrons. The van der Waals surface area contributed by atoms with E-state index in [1.54, 1.807) is 0 Å². The summed E-state index contributed by atoms with van der Waals surface area (Å²) in [6, 6.07) is 1.97. The fourth-order valence-electron chi connectivity index (χ4n) is 1.44. The number of aromatic nitrogens is 2. The van der Waals surface area contributed by atoms with E-state index in [0.29, 0.717) is 5.82 Å². The van der Waals surface area contributed by atoms with Crippen molar-refractivity contribution in [2.75, 3.05) is 5.73 Å². The molecule has 10 heavy (non-hydrogen) atoms. The van der Waals surface area contributed by atoms with Gasteiger partial charge in [-0.3, -0.25) is 4.68 Å². The molecule has 0 saturated heterocycles. The van der Waals surface area contributed by atoms with Crippen LogP contribution in [-0.2, 0) is 13.0 Å². The molecule has 0 bridgehead atoms. The second-order valence-corrected chi connectivity index (χ2v) is 2.74. The zero-order valence-corrected chi connectivity index (χ0v) is 5.88. The van der Waals surface area contributed by atoms with Crippen LogP contribution in [0.1, 0.15) is 18.5 Å². The lowest BCUT2D eigenvalue weighted by atomic mass is 10.1. The zero-order valence-electron chi connectivity index (χ0n) is 5.88. The van der Waals surface area contributed by atoms with Crippen molar-refractivity contribution < 1.29 is 0 Å². The summed E-state index contributed by atoms with van der Waals surface area (Å²) in [6.45, 7) is 1.05. The van der Waals surface area contributed by atoms with Crippen molar-refractivity contribution >= 4 is 5.82 Å². The Morgan fingerprint density at radius 1 is 1.50 bits per heavy atom. The quantitative estimate of drug-likeness (QED) is 0.574. The third-order valence-corrected chi connectivity index (χ3v) is 1.94. The molecule has 0 aliphatic carbocycles. The van der Waals surface area contributed by atoms with Crippen molar-refractivity contribution in [3.63, 3.8) is 0 Å². The van der Waals surface area contributed by atoms with Crippen molar-refractivity contribution in [2.45, 2.75) is 25.8 Å². The number of hydrogen-bond acceptors (Lipinski definition) is 2. The highest BCUT2D eigenvalue weighted by Gasteiger charge is 2.09. The van der Waals surface area contributed by atoms with Gasteiger partial charge in [-0.2, -0.15) is 5.10 Å². The Balaban J connectivity index is 2.41. The average Bonchev–Trinajstić information content (AvgIpc) is 2.27. The van der Waals surface area contributed by atoms with E-state index in [4.69, 9.17) is 5.73 Å². The molecule has 0 atom stereocenters. The summed E-state index contributed by atoms with van der Waals surface area (Å²) in [6.07, 6.45) is 3.67. The number of rotatable bonds is 0. The first-order chi connectivity index (χ1) is 4.86. The Hall–Kier alpha value is -0.990. The molecule has 1 aliphatic heterocycles. The first kappa shape index (κ1) is 5.77. The van der Waals surface area contributed by atoms with E-state index in [0.717, 1.165) is 13.0 Å². The molecule has 1 aromatic heterocycles. The van der Waals surface area contributed by atoms with Gasteiger partial charge in [-0.15, -0.1) is 0 Å². The van der Waals surface area contributed by atoms with E-state index in [9.17, 15) is 0 Å². The molecule has 3 heteroatoms. The first-order valence-electron chi connectivity index (χ1n) is 3.68. The van der Waals surface area contributed by atoms with Crippen LogP contribution in [0.25, 0.3) is 0 Å². The number of hydrogen-bond donors (Lipinski definition) is 1. The van der Waals surface area contributed by atoms with Gasteiger partial charge < -0.3 is 5.73 Å². The van der Waals surface area contributed by atoms with Gasteiger partial charge >= 0.3 is 0 Å². The largest absolute Gasteiger partial charge is 0.382 e. The lowest BCUT2D eigenvalue weighted by Crippen LogP contribution is -2.10. The summed E-state index contributed by atoms with van der Waals surface area (Å²) in [5.41, 5.74) is 6.82. The molecular formula is C7H11N3. The van der Waals surface area contributed by atoms with Crippen molar-refractivity contribution in [3.8, 4) is 0 Å². The monoisotopic (exact) mass is 137 g/mol. The van der Waals surface area contributed by atoms with Crippen molar-refractivity contribution in [1.82, 2.24) is 9.78 Å². The Morgan fingerprint density at radius 2 is 2.40 bits per heavy atom. The molecule has 2 N–H and O–H groups in total. The van der Waals surface area contributed by atoms with E-state index in [2.05, 4.69) is 5.10 Å². The predicted molar refractivity (Wildman–Crippen MR) is 39.6 cm³/mol. The zero-order chi connectivity index (χ0) is 6.97. The molecule has 0 fully saturated rings. The van der Waals surface area contributed by atoms with Crippen molar-refractivity contribution in [2.24, 2.45) is 0 Å². The van der Waals surface area contributed by atoms with Gasteiger partial charge in [0.1, 0.15) is 5.82 Å². The number of nitrogen functional groups attached to an aromatic ring is 1. The molecule has 0 aromatic carbocycles. The molecule has 54 valence electrons. The molecule has 1 aromatic rings. The minimum absolute atomic E-state index is 0.664. The minimum Gasteiger partial charge on any atom is -0.382 e. The van der Waals surface area contributed by atoms with Crippen LogP contribution in [0.2, 0.25) is 0 Å². The standard InChI is InChI=1S/C7H11N3/c8-7-5-6-3-1-2-4-10(6)9-7/h5H,1-4H2,(H2,8,9). The summed E-state index contributed by atoms with van der Waals surface area (Å²) in [7, 11) is 0. The normalized spacial score (nSPS) is 16.8. The smallest absolute Gasteiger partial charge is 0.145 e. The minimum atomic E-state index is 0.664. The molecule has 2 rings (SSSR count). The maximum Gasteiger partial charge on any atom is 0.145 e. The Bertz CT molecular complexity index is 215. The first-order valence-corrected chi connectivity index (χ1v) is 3.68. The molecule has 2 heterocycles. The fourth-order valence-corrected chi connectivity index (χ4v) is 1.44. The lowest BCUT2D eigenvalue weighted by Gasteiger charge is -2.11.